The average molecular weight is 1420 g/mol. The number of aryl methyl sites for hydroxylation is 1. The molecule has 2 aliphatic rings. The van der Waals surface area contributed by atoms with E-state index in [9.17, 15) is 67.4 Å². The minimum Gasteiger partial charge on any atom is -0.480 e. The number of urea groups is 1. The number of nitrogens with two attached hydrogens (primary N) is 1. The maximum atomic E-state index is 14.4. The Morgan fingerprint density at radius 2 is 1.32 bits per heavy atom. The predicted molar refractivity (Wildman–Crippen MR) is 379 cm³/mol. The Balaban J connectivity index is 0.000000538. The van der Waals surface area contributed by atoms with Crippen molar-refractivity contribution in [2.24, 2.45) is 47.2 Å². The smallest absolute Gasteiger partial charge is 0.409 e. The second kappa shape index (κ2) is 44.1. The van der Waals surface area contributed by atoms with Crippen molar-refractivity contribution < 1.29 is 86.5 Å². The van der Waals surface area contributed by atoms with Gasteiger partial charge in [-0.3, -0.25) is 43.2 Å². The van der Waals surface area contributed by atoms with Crippen LogP contribution >= 0.6 is 0 Å². The number of unbranched alkanes of at least 4 members (excludes halogenated alkanes) is 3. The number of rotatable bonds is 42. The number of imide groups is 1. The van der Waals surface area contributed by atoms with E-state index in [1.54, 1.807) is 35.9 Å². The number of ether oxygens (including phenoxy) is 3. The van der Waals surface area contributed by atoms with Crippen molar-refractivity contribution in [2.45, 2.75) is 227 Å². The lowest BCUT2D eigenvalue weighted by atomic mass is 9.83. The summed E-state index contributed by atoms with van der Waals surface area (Å²) in [5.41, 5.74) is 7.66. The molecule has 11 atom stereocenters. The van der Waals surface area contributed by atoms with Crippen molar-refractivity contribution in [1.82, 2.24) is 35.7 Å². The van der Waals surface area contributed by atoms with E-state index in [1.807, 2.05) is 105 Å². The van der Waals surface area contributed by atoms with Crippen LogP contribution in [-0.2, 0) is 84.6 Å². The van der Waals surface area contributed by atoms with Crippen molar-refractivity contribution in [3.8, 4) is 0 Å². The summed E-state index contributed by atoms with van der Waals surface area (Å²) in [5.74, 6) is -7.72. The first-order valence-electron chi connectivity index (χ1n) is 35.6. The number of likely N-dealkylation sites (tertiary alicyclic amines) is 1. The Morgan fingerprint density at radius 1 is 0.693 bits per heavy atom. The number of likely N-dealkylation sites (N-methyl/N-ethyl adjacent to an activating group) is 2. The first kappa shape index (κ1) is 86.9. The van der Waals surface area contributed by atoms with Crippen LogP contribution in [0.1, 0.15) is 183 Å². The second-order valence-corrected chi connectivity index (χ2v) is 27.6. The molecule has 0 spiro atoms. The fourth-order valence-electron chi connectivity index (χ4n) is 13.1. The summed E-state index contributed by atoms with van der Waals surface area (Å²) in [4.78, 5) is 175. The van der Waals surface area contributed by atoms with Gasteiger partial charge >= 0.3 is 24.1 Å². The highest BCUT2D eigenvalue weighted by Crippen LogP contribution is 2.32. The van der Waals surface area contributed by atoms with Gasteiger partial charge in [-0.15, -0.1) is 5.06 Å². The Kier molecular flexibility index (Phi) is 38.0. The minimum atomic E-state index is -1.15. The normalized spacial score (nSPS) is 16.6. The molecule has 0 aliphatic carbocycles. The predicted octanol–water partition coefficient (Wildman–Crippen LogP) is 7.97. The van der Waals surface area contributed by atoms with E-state index in [0.29, 0.717) is 75.1 Å². The molecule has 0 aromatic heterocycles. The van der Waals surface area contributed by atoms with Crippen molar-refractivity contribution in [1.29, 1.82) is 0 Å². The van der Waals surface area contributed by atoms with E-state index >= 15 is 0 Å². The molecule has 2 saturated heterocycles. The van der Waals surface area contributed by atoms with Crippen LogP contribution in [-0.4, -0.2) is 193 Å². The zero-order valence-corrected chi connectivity index (χ0v) is 62.2. The fraction of sp³-hybridized carbons (Fsp3) is 0.662. The van der Waals surface area contributed by atoms with Crippen molar-refractivity contribution >= 4 is 82.7 Å². The summed E-state index contributed by atoms with van der Waals surface area (Å²) in [6.07, 6.45) is 4.11. The second-order valence-electron chi connectivity index (χ2n) is 27.6. The number of carbonyl (C=O) groups excluding carboxylic acids is 12. The molecule has 27 heteroatoms. The molecular weight excluding hydrogens is 1300 g/mol. The van der Waals surface area contributed by atoms with Crippen LogP contribution in [0.15, 0.2) is 54.6 Å². The molecular formula is C74H115N9O18. The molecule has 7 N–H and O–H groups in total. The van der Waals surface area contributed by atoms with Gasteiger partial charge in [0.05, 0.1) is 55.8 Å². The molecule has 101 heavy (non-hydrogen) atoms. The number of carboxylic acid groups (broad SMARTS) is 1. The average Bonchev–Trinajstić information content (AvgIpc) is 1.78. The summed E-state index contributed by atoms with van der Waals surface area (Å²) in [6, 6.07) is 12.2. The van der Waals surface area contributed by atoms with Gasteiger partial charge in [-0.25, -0.2) is 19.2 Å². The van der Waals surface area contributed by atoms with E-state index in [4.69, 9.17) is 24.8 Å². The van der Waals surface area contributed by atoms with Gasteiger partial charge in [-0.2, -0.15) is 0 Å². The Bertz CT molecular complexity index is 3040. The number of nitrogens with zero attached hydrogens (tertiary/aromatic N) is 4. The van der Waals surface area contributed by atoms with E-state index in [2.05, 4.69) is 21.3 Å². The SMILES string of the molecule is CC[C@H](C)[C@@H]([C@@H](CC(=O)N1CCC[C@H]1[C@H](OC)[C@@H](C)C(=O)N[C@@H](Cc1ccccc1)C(=O)O)OC)N(C)C(=O)[C@@H](CC(=O)[C@H](C(C)C)N(C)C(=O)OC)C(C)C.CCc1ccc(NC(=O)[C@H](CCCNC(N)=O)CC(=O)[C@@H](NC(=O)CCCCCCC(=O)ON2C(=O)CCC2=O)C(C)C)cc1. The van der Waals surface area contributed by atoms with Crippen LogP contribution in [0.25, 0.3) is 0 Å². The number of hydroxylamine groups is 2. The molecule has 564 valence electrons. The molecule has 2 aromatic carbocycles. The van der Waals surface area contributed by atoms with Gasteiger partial charge in [0.25, 0.3) is 11.8 Å². The molecule has 0 saturated carbocycles. The summed E-state index contributed by atoms with van der Waals surface area (Å²) < 4.78 is 16.7. The lowest BCUT2D eigenvalue weighted by Gasteiger charge is -2.41. The van der Waals surface area contributed by atoms with E-state index in [0.717, 1.165) is 17.5 Å². The maximum absolute atomic E-state index is 14.4. The molecule has 4 rings (SSSR count). The number of hydrogen-bond donors (Lipinski definition) is 6. The summed E-state index contributed by atoms with van der Waals surface area (Å²) >= 11 is 0. The van der Waals surface area contributed by atoms with Gasteiger partial charge in [0, 0.05) is 104 Å². The number of nitrogens with one attached hydrogen (secondary N) is 4. The zero-order chi connectivity index (χ0) is 75.8. The van der Waals surface area contributed by atoms with E-state index < -0.39 is 102 Å². The van der Waals surface area contributed by atoms with Crippen LogP contribution in [0, 0.1) is 41.4 Å². The molecule has 27 nitrogen and oxygen atoms in total. The molecule has 2 aromatic rings. The quantitative estimate of drug-likeness (QED) is 0.0271. The van der Waals surface area contributed by atoms with Crippen molar-refractivity contribution in [3.63, 3.8) is 0 Å². The lowest BCUT2D eigenvalue weighted by Crippen LogP contribution is -2.55. The number of anilines is 1. The molecule has 10 amide bonds. The number of primary amides is 1. The summed E-state index contributed by atoms with van der Waals surface area (Å²) in [6.45, 7) is 19.5. The third-order valence-corrected chi connectivity index (χ3v) is 19.1. The number of benzene rings is 2. The molecule has 0 radical (unpaired) electrons. The van der Waals surface area contributed by atoms with Gasteiger partial charge < -0.3 is 65.9 Å². The summed E-state index contributed by atoms with van der Waals surface area (Å²) in [7, 11) is 7.47. The van der Waals surface area contributed by atoms with Gasteiger partial charge in [0.1, 0.15) is 6.04 Å². The van der Waals surface area contributed by atoms with Crippen molar-refractivity contribution in [3.05, 3.63) is 65.7 Å². The van der Waals surface area contributed by atoms with Crippen LogP contribution in [0.5, 0.6) is 0 Å². The molecule has 0 unspecified atom stereocenters. The monoisotopic (exact) mass is 1420 g/mol. The lowest BCUT2D eigenvalue weighted by molar-refractivity contribution is -0.197. The number of methoxy groups -OCH3 is 3. The number of hydrogen-bond acceptors (Lipinski definition) is 17. The number of carboxylic acids is 1. The van der Waals surface area contributed by atoms with Gasteiger partial charge in [0.15, 0.2) is 11.6 Å². The number of Topliss-reactive ketones (excluding diaryl/α,β-unsaturated/α-hetero) is 2. The Labute approximate surface area is 596 Å². The third-order valence-electron chi connectivity index (χ3n) is 19.1. The van der Waals surface area contributed by atoms with E-state index in [-0.39, 0.29) is 117 Å². The largest absolute Gasteiger partial charge is 0.480 e. The molecule has 2 fully saturated rings. The third kappa shape index (κ3) is 27.9. The van der Waals surface area contributed by atoms with Crippen LogP contribution < -0.4 is 27.0 Å². The number of amides is 10. The summed E-state index contributed by atoms with van der Waals surface area (Å²) in [5, 5.41) is 21.3. The first-order valence-corrected chi connectivity index (χ1v) is 35.6. The number of carbonyl (C=O) groups is 13. The topological polar surface area (TPSA) is 366 Å². The van der Waals surface area contributed by atoms with Crippen molar-refractivity contribution in [2.75, 3.05) is 53.8 Å². The van der Waals surface area contributed by atoms with Crippen LogP contribution in [0.4, 0.5) is 15.3 Å². The highest BCUT2D eigenvalue weighted by atomic mass is 16.7. The fourth-order valence-corrected chi connectivity index (χ4v) is 13.1. The Morgan fingerprint density at radius 3 is 1.85 bits per heavy atom. The highest BCUT2D eigenvalue weighted by Gasteiger charge is 2.44. The van der Waals surface area contributed by atoms with E-state index in [1.165, 1.54) is 33.3 Å². The zero-order valence-electron chi connectivity index (χ0n) is 62.2. The van der Waals surface area contributed by atoms with Gasteiger partial charge in [0.2, 0.25) is 29.5 Å². The number of aliphatic carboxylic acids is 1. The first-order chi connectivity index (χ1) is 47.8. The minimum absolute atomic E-state index is 0.0393. The molecule has 2 heterocycles. The van der Waals surface area contributed by atoms with Crippen LogP contribution in [0.3, 0.4) is 0 Å². The van der Waals surface area contributed by atoms with Gasteiger partial charge in [-0.05, 0) is 91.9 Å². The molecule has 0 bridgehead atoms. The van der Waals surface area contributed by atoms with Crippen LogP contribution in [0.2, 0.25) is 0 Å². The maximum Gasteiger partial charge on any atom is 0.409 e. The van der Waals surface area contributed by atoms with Gasteiger partial charge in [-0.1, -0.05) is 131 Å². The Hall–Kier alpha value is -8.33. The molecule has 2 aliphatic heterocycles. The highest BCUT2D eigenvalue weighted by molar-refractivity contribution is 6.02. The number of ketones is 2. The standard InChI is InChI=1S/C42H68N4O10.C32H47N5O8/c1-13-27(6)37(44(8)40(50)30(25(2)3)23-33(47)36(26(4)5)45(9)42(53)56-12)34(54-10)24-35(48)46-21-17-20-32(46)38(55-11)28(7)39(49)43-31(41(51)52)22-29-18-15-14-16-19-29;1-4-22-13-15-24(16-14-22)35-31(43)23(10-9-19-34-32(33)44)20-25(38)30(21(2)3)36-26(39)11-7-5-6-8-12-29(42)45-37-27(40)17-18-28(37)41/h14-16,18-19,25-28,30-32,34,36-38H,13,17,20-24H2,1-12H3,(H,43,49)(H,51,52);13-16,21,23,30H,4-12,17-20H2,1-3H3,(H,35,43)(H,36,39)(H3,33,34,44)/t27-,28+,30-,31-,32-,34+,36-,37-,38+;23-,30+/m01/s1.